The maximum atomic E-state index is 12.5. The quantitative estimate of drug-likeness (QED) is 0.800. The molecule has 0 radical (unpaired) electrons. The summed E-state index contributed by atoms with van der Waals surface area (Å²) in [6, 6.07) is 7.01. The minimum absolute atomic E-state index is 0.165. The molecule has 148 valence electrons. The highest BCUT2D eigenvalue weighted by Gasteiger charge is 2.31. The zero-order valence-corrected chi connectivity index (χ0v) is 16.9. The predicted octanol–water partition coefficient (Wildman–Crippen LogP) is 3.30. The van der Waals surface area contributed by atoms with Crippen molar-refractivity contribution in [3.8, 4) is 0 Å². The van der Waals surface area contributed by atoms with Crippen LogP contribution in [-0.4, -0.2) is 54.7 Å². The van der Waals surface area contributed by atoms with Crippen molar-refractivity contribution in [1.82, 2.24) is 9.88 Å². The van der Waals surface area contributed by atoms with E-state index in [1.807, 2.05) is 4.90 Å². The second kappa shape index (κ2) is 7.79. The Morgan fingerprint density at radius 2 is 2.04 bits per heavy atom. The van der Waals surface area contributed by atoms with E-state index < -0.39 is 5.97 Å². The molecule has 1 N–H and O–H groups in total. The first-order chi connectivity index (χ1) is 13.5. The number of carbonyl (C=O) groups is 2. The minimum atomic E-state index is -0.444. The van der Waals surface area contributed by atoms with E-state index in [4.69, 9.17) is 0 Å². The van der Waals surface area contributed by atoms with E-state index in [2.05, 4.69) is 45.1 Å². The molecule has 0 bridgehead atoms. The van der Waals surface area contributed by atoms with Gasteiger partial charge in [0.1, 0.15) is 4.88 Å². The summed E-state index contributed by atoms with van der Waals surface area (Å²) in [6.07, 6.45) is 4.42. The van der Waals surface area contributed by atoms with Crippen LogP contribution < -0.4 is 10.2 Å². The van der Waals surface area contributed by atoms with E-state index in [0.29, 0.717) is 29.1 Å². The summed E-state index contributed by atoms with van der Waals surface area (Å²) in [5.74, 6) is -0.444. The molecule has 0 saturated carbocycles. The number of likely N-dealkylation sites (tertiary alicyclic amines) is 1. The predicted molar refractivity (Wildman–Crippen MR) is 109 cm³/mol. The normalized spacial score (nSPS) is 16.8. The highest BCUT2D eigenvalue weighted by atomic mass is 32.1. The zero-order valence-electron chi connectivity index (χ0n) is 16.1. The number of nitrogens with one attached hydrogen (secondary N) is 1. The van der Waals surface area contributed by atoms with Crippen LogP contribution in [0.15, 0.2) is 24.4 Å². The Balaban J connectivity index is 1.33. The van der Waals surface area contributed by atoms with Gasteiger partial charge in [-0.3, -0.25) is 5.32 Å². The van der Waals surface area contributed by atoms with Gasteiger partial charge < -0.3 is 14.5 Å². The number of rotatable bonds is 3. The van der Waals surface area contributed by atoms with Crippen LogP contribution in [0.3, 0.4) is 0 Å². The van der Waals surface area contributed by atoms with E-state index in [-0.39, 0.29) is 6.03 Å². The Morgan fingerprint density at radius 3 is 2.79 bits per heavy atom. The molecule has 28 heavy (non-hydrogen) atoms. The Hall–Kier alpha value is -2.61. The summed E-state index contributed by atoms with van der Waals surface area (Å²) >= 11 is 1.12. The van der Waals surface area contributed by atoms with Crippen LogP contribution in [0.25, 0.3) is 0 Å². The highest BCUT2D eigenvalue weighted by molar-refractivity contribution is 7.17. The van der Waals surface area contributed by atoms with Crippen LogP contribution in [-0.2, 0) is 11.2 Å². The summed E-state index contributed by atoms with van der Waals surface area (Å²) in [4.78, 5) is 32.8. The van der Waals surface area contributed by atoms with Gasteiger partial charge in [-0.2, -0.15) is 0 Å². The van der Waals surface area contributed by atoms with Crippen LogP contribution in [0.2, 0.25) is 0 Å². The highest BCUT2D eigenvalue weighted by Crippen LogP contribution is 2.33. The molecule has 0 atom stereocenters. The van der Waals surface area contributed by atoms with Gasteiger partial charge in [0.05, 0.1) is 13.3 Å². The zero-order chi connectivity index (χ0) is 19.7. The van der Waals surface area contributed by atoms with Crippen molar-refractivity contribution >= 4 is 34.2 Å². The van der Waals surface area contributed by atoms with Gasteiger partial charge in [0.25, 0.3) is 0 Å². The number of esters is 1. The van der Waals surface area contributed by atoms with Crippen LogP contribution in [0.4, 0.5) is 15.6 Å². The average molecular weight is 401 g/mol. The van der Waals surface area contributed by atoms with Crippen molar-refractivity contribution in [1.29, 1.82) is 0 Å². The molecule has 1 fully saturated rings. The molecule has 0 aliphatic carbocycles. The summed E-state index contributed by atoms with van der Waals surface area (Å²) < 4.78 is 4.67. The van der Waals surface area contributed by atoms with Gasteiger partial charge in [-0.25, -0.2) is 14.6 Å². The number of fused-ring (bicyclic) bond motifs is 1. The van der Waals surface area contributed by atoms with Gasteiger partial charge >= 0.3 is 12.0 Å². The standard InChI is InChI=1S/C20H24N4O3S/c1-13-3-4-14-5-10-24(16(14)11-13)15-6-8-23(9-7-15)20(26)22-19-21-12-17(28-19)18(25)27-2/h3-4,11-12,15H,5-10H2,1-2H3,(H,21,22,26). The van der Waals surface area contributed by atoms with Gasteiger partial charge in [0.15, 0.2) is 5.13 Å². The topological polar surface area (TPSA) is 74.8 Å². The summed E-state index contributed by atoms with van der Waals surface area (Å²) in [6.45, 7) is 4.62. The van der Waals surface area contributed by atoms with Crippen molar-refractivity contribution in [2.45, 2.75) is 32.2 Å². The van der Waals surface area contributed by atoms with E-state index in [9.17, 15) is 9.59 Å². The third-order valence-corrected chi connectivity index (χ3v) is 6.36. The Morgan fingerprint density at radius 1 is 1.25 bits per heavy atom. The number of nitrogens with zero attached hydrogens (tertiary/aromatic N) is 3. The molecule has 1 aromatic carbocycles. The van der Waals surface area contributed by atoms with Crippen LogP contribution in [0, 0.1) is 6.92 Å². The van der Waals surface area contributed by atoms with Crippen LogP contribution >= 0.6 is 11.3 Å². The molecular weight excluding hydrogens is 376 g/mol. The fraction of sp³-hybridized carbons (Fsp3) is 0.450. The number of methoxy groups -OCH3 is 1. The summed E-state index contributed by atoms with van der Waals surface area (Å²) in [5, 5.41) is 3.20. The number of aromatic nitrogens is 1. The number of amides is 2. The number of hydrogen-bond donors (Lipinski definition) is 1. The maximum Gasteiger partial charge on any atom is 0.349 e. The van der Waals surface area contributed by atoms with Crippen molar-refractivity contribution in [2.75, 3.05) is 37.0 Å². The Labute approximate surface area is 168 Å². The molecule has 7 nitrogen and oxygen atoms in total. The largest absolute Gasteiger partial charge is 0.465 e. The van der Waals surface area contributed by atoms with E-state index >= 15 is 0 Å². The molecular formula is C20H24N4O3S. The summed E-state index contributed by atoms with van der Waals surface area (Å²) in [7, 11) is 1.32. The van der Waals surface area contributed by atoms with Crippen molar-refractivity contribution in [2.24, 2.45) is 0 Å². The molecule has 2 aromatic rings. The Bertz CT molecular complexity index is 889. The number of benzene rings is 1. The molecule has 1 saturated heterocycles. The number of urea groups is 1. The van der Waals surface area contributed by atoms with Gasteiger partial charge in [0.2, 0.25) is 0 Å². The second-order valence-corrected chi connectivity index (χ2v) is 8.28. The molecule has 0 unspecified atom stereocenters. The minimum Gasteiger partial charge on any atom is -0.465 e. The van der Waals surface area contributed by atoms with Gasteiger partial charge in [-0.05, 0) is 43.4 Å². The van der Waals surface area contributed by atoms with Crippen LogP contribution in [0.5, 0.6) is 0 Å². The molecule has 0 spiro atoms. The van der Waals surface area contributed by atoms with Gasteiger partial charge in [0, 0.05) is 31.4 Å². The number of carbonyl (C=O) groups excluding carboxylic acids is 2. The van der Waals surface area contributed by atoms with Crippen molar-refractivity contribution in [3.63, 3.8) is 0 Å². The first kappa shape index (κ1) is 18.7. The fourth-order valence-electron chi connectivity index (χ4n) is 3.97. The van der Waals surface area contributed by atoms with E-state index in [1.54, 1.807) is 0 Å². The third kappa shape index (κ3) is 3.69. The number of thiazole rings is 1. The molecule has 4 rings (SSSR count). The number of anilines is 2. The lowest BCUT2D eigenvalue weighted by atomic mass is 10.0. The fourth-order valence-corrected chi connectivity index (χ4v) is 4.70. The number of aryl methyl sites for hydroxylation is 1. The lowest BCUT2D eigenvalue weighted by molar-refractivity contribution is 0.0606. The SMILES string of the molecule is COC(=O)c1cnc(NC(=O)N2CCC(N3CCc4ccc(C)cc43)CC2)s1. The van der Waals surface area contributed by atoms with Gasteiger partial charge in [-0.15, -0.1) is 0 Å². The third-order valence-electron chi connectivity index (χ3n) is 5.47. The monoisotopic (exact) mass is 400 g/mol. The Kier molecular flexibility index (Phi) is 5.21. The second-order valence-electron chi connectivity index (χ2n) is 7.25. The molecule has 1 aromatic heterocycles. The van der Waals surface area contributed by atoms with Crippen LogP contribution in [0.1, 0.15) is 33.6 Å². The van der Waals surface area contributed by atoms with Gasteiger partial charge in [-0.1, -0.05) is 23.5 Å². The first-order valence-electron chi connectivity index (χ1n) is 9.51. The average Bonchev–Trinajstić information content (AvgIpc) is 3.34. The molecule has 8 heteroatoms. The maximum absolute atomic E-state index is 12.5. The molecule has 2 aliphatic rings. The van der Waals surface area contributed by atoms with Crippen molar-refractivity contribution < 1.29 is 14.3 Å². The lowest BCUT2D eigenvalue weighted by Gasteiger charge is -2.38. The van der Waals surface area contributed by atoms with E-state index in [1.165, 1.54) is 30.1 Å². The first-order valence-corrected chi connectivity index (χ1v) is 10.3. The number of hydrogen-bond acceptors (Lipinski definition) is 6. The lowest BCUT2D eigenvalue weighted by Crippen LogP contribution is -2.47. The smallest absolute Gasteiger partial charge is 0.349 e. The van der Waals surface area contributed by atoms with E-state index in [0.717, 1.165) is 37.1 Å². The number of piperidine rings is 1. The number of ether oxygens (including phenoxy) is 1. The molecule has 3 heterocycles. The molecule has 2 amide bonds. The molecule has 2 aliphatic heterocycles. The summed E-state index contributed by atoms with van der Waals surface area (Å²) in [5.41, 5.74) is 4.08. The van der Waals surface area contributed by atoms with Crippen molar-refractivity contribution in [3.05, 3.63) is 40.4 Å².